The highest BCUT2D eigenvalue weighted by molar-refractivity contribution is 9.10. The van der Waals surface area contributed by atoms with Gasteiger partial charge >= 0.3 is 0 Å². The van der Waals surface area contributed by atoms with Crippen LogP contribution in [0.15, 0.2) is 46.9 Å². The van der Waals surface area contributed by atoms with E-state index in [4.69, 9.17) is 11.6 Å². The second-order valence-corrected chi connectivity index (χ2v) is 5.76. The molecule has 1 nitrogen and oxygen atoms in total. The molecule has 2 aromatic carbocycles. The molecule has 1 N–H and O–H groups in total. The van der Waals surface area contributed by atoms with Gasteiger partial charge in [0.2, 0.25) is 0 Å². The molecule has 1 atom stereocenters. The van der Waals surface area contributed by atoms with Crippen LogP contribution in [0, 0.1) is 5.82 Å². The van der Waals surface area contributed by atoms with Gasteiger partial charge < -0.3 is 5.32 Å². The average molecular weight is 343 g/mol. The number of benzene rings is 2. The van der Waals surface area contributed by atoms with Gasteiger partial charge in [0.25, 0.3) is 0 Å². The van der Waals surface area contributed by atoms with Gasteiger partial charge in [-0.25, -0.2) is 4.39 Å². The van der Waals surface area contributed by atoms with Crippen molar-refractivity contribution in [2.24, 2.45) is 0 Å². The topological polar surface area (TPSA) is 12.0 Å². The van der Waals surface area contributed by atoms with E-state index < -0.39 is 0 Å². The number of rotatable bonds is 4. The van der Waals surface area contributed by atoms with Gasteiger partial charge in [-0.1, -0.05) is 29.8 Å². The first-order valence-electron chi connectivity index (χ1n) is 6.01. The minimum absolute atomic E-state index is 0.103. The predicted molar refractivity (Wildman–Crippen MR) is 82.3 cm³/mol. The number of hydrogen-bond acceptors (Lipinski definition) is 1. The highest BCUT2D eigenvalue weighted by atomic mass is 79.9. The SMILES string of the molecule is CC(Cc1ccccc1F)Nc1cc(Cl)ccc1Br. The zero-order valence-electron chi connectivity index (χ0n) is 10.5. The molecule has 4 heteroatoms. The number of nitrogens with one attached hydrogen (secondary N) is 1. The molecule has 0 fully saturated rings. The molecule has 0 aliphatic rings. The van der Waals surface area contributed by atoms with Crippen LogP contribution in [-0.2, 0) is 6.42 Å². The fraction of sp³-hybridized carbons (Fsp3) is 0.200. The minimum atomic E-state index is -0.165. The van der Waals surface area contributed by atoms with Crippen molar-refractivity contribution in [2.75, 3.05) is 5.32 Å². The van der Waals surface area contributed by atoms with Crippen molar-refractivity contribution in [3.63, 3.8) is 0 Å². The molecule has 2 rings (SSSR count). The van der Waals surface area contributed by atoms with Crippen molar-refractivity contribution in [2.45, 2.75) is 19.4 Å². The van der Waals surface area contributed by atoms with Crippen LogP contribution in [0.5, 0.6) is 0 Å². The zero-order valence-corrected chi connectivity index (χ0v) is 12.8. The van der Waals surface area contributed by atoms with Crippen molar-refractivity contribution in [1.29, 1.82) is 0 Å². The smallest absolute Gasteiger partial charge is 0.126 e. The van der Waals surface area contributed by atoms with Crippen LogP contribution in [0.2, 0.25) is 5.02 Å². The van der Waals surface area contributed by atoms with Gasteiger partial charge in [0, 0.05) is 15.5 Å². The third-order valence-electron chi connectivity index (χ3n) is 2.81. The molecule has 0 aliphatic heterocycles. The summed E-state index contributed by atoms with van der Waals surface area (Å²) in [4.78, 5) is 0. The third-order valence-corrected chi connectivity index (χ3v) is 3.74. The second kappa shape index (κ2) is 6.40. The Labute approximate surface area is 125 Å². The van der Waals surface area contributed by atoms with Crippen LogP contribution in [0.4, 0.5) is 10.1 Å². The maximum Gasteiger partial charge on any atom is 0.126 e. The Kier molecular flexibility index (Phi) is 4.83. The van der Waals surface area contributed by atoms with Crippen LogP contribution >= 0.6 is 27.5 Å². The summed E-state index contributed by atoms with van der Waals surface area (Å²) in [6.45, 7) is 2.01. The molecule has 2 aromatic rings. The molecule has 19 heavy (non-hydrogen) atoms. The monoisotopic (exact) mass is 341 g/mol. The van der Waals surface area contributed by atoms with Crippen molar-refractivity contribution in [1.82, 2.24) is 0 Å². The Bertz CT molecular complexity index is 574. The lowest BCUT2D eigenvalue weighted by Gasteiger charge is -2.17. The van der Waals surface area contributed by atoms with Crippen molar-refractivity contribution >= 4 is 33.2 Å². The van der Waals surface area contributed by atoms with Gasteiger partial charge in [0.15, 0.2) is 0 Å². The van der Waals surface area contributed by atoms with Gasteiger partial charge in [-0.05, 0) is 59.1 Å². The average Bonchev–Trinajstić information content (AvgIpc) is 2.37. The van der Waals surface area contributed by atoms with E-state index in [1.807, 2.05) is 31.2 Å². The van der Waals surface area contributed by atoms with E-state index in [1.54, 1.807) is 12.1 Å². The Morgan fingerprint density at radius 1 is 1.26 bits per heavy atom. The zero-order chi connectivity index (χ0) is 13.8. The summed E-state index contributed by atoms with van der Waals surface area (Å²) in [7, 11) is 0. The van der Waals surface area contributed by atoms with Gasteiger partial charge in [0.05, 0.1) is 5.69 Å². The van der Waals surface area contributed by atoms with E-state index in [2.05, 4.69) is 21.2 Å². The summed E-state index contributed by atoms with van der Waals surface area (Å²) in [6, 6.07) is 12.5. The lowest BCUT2D eigenvalue weighted by molar-refractivity contribution is 0.601. The first-order chi connectivity index (χ1) is 9.06. The van der Waals surface area contributed by atoms with Gasteiger partial charge in [-0.15, -0.1) is 0 Å². The number of hydrogen-bond donors (Lipinski definition) is 1. The largest absolute Gasteiger partial charge is 0.381 e. The minimum Gasteiger partial charge on any atom is -0.381 e. The molecule has 0 heterocycles. The lowest BCUT2D eigenvalue weighted by atomic mass is 10.1. The molecule has 0 aliphatic carbocycles. The van der Waals surface area contributed by atoms with Crippen LogP contribution in [0.25, 0.3) is 0 Å². The summed E-state index contributed by atoms with van der Waals surface area (Å²) < 4.78 is 14.5. The Morgan fingerprint density at radius 3 is 2.74 bits per heavy atom. The van der Waals surface area contributed by atoms with Crippen LogP contribution in [0.1, 0.15) is 12.5 Å². The summed E-state index contributed by atoms with van der Waals surface area (Å²) in [5, 5.41) is 4.00. The van der Waals surface area contributed by atoms with Crippen LogP contribution in [-0.4, -0.2) is 6.04 Å². The van der Waals surface area contributed by atoms with E-state index in [0.29, 0.717) is 17.0 Å². The molecule has 1 unspecified atom stereocenters. The summed E-state index contributed by atoms with van der Waals surface area (Å²) in [5.41, 5.74) is 1.62. The fourth-order valence-corrected chi connectivity index (χ4v) is 2.45. The first kappa shape index (κ1) is 14.4. The normalized spacial score (nSPS) is 12.2. The molecular weight excluding hydrogens is 329 g/mol. The molecule has 0 spiro atoms. The fourth-order valence-electron chi connectivity index (χ4n) is 1.92. The maximum absolute atomic E-state index is 13.6. The number of halogens is 3. The van der Waals surface area contributed by atoms with Crippen molar-refractivity contribution in [3.8, 4) is 0 Å². The highest BCUT2D eigenvalue weighted by Gasteiger charge is 2.09. The van der Waals surface area contributed by atoms with Gasteiger partial charge in [-0.3, -0.25) is 0 Å². The maximum atomic E-state index is 13.6. The quantitative estimate of drug-likeness (QED) is 0.796. The predicted octanol–water partition coefficient (Wildman–Crippen LogP) is 5.28. The molecule has 0 amide bonds. The van der Waals surface area contributed by atoms with Crippen LogP contribution < -0.4 is 5.32 Å². The standard InChI is InChI=1S/C15H14BrClFN/c1-10(8-11-4-2-3-5-14(11)18)19-15-9-12(17)6-7-13(15)16/h2-7,9-10,19H,8H2,1H3. The van der Waals surface area contributed by atoms with E-state index in [1.165, 1.54) is 6.07 Å². The Morgan fingerprint density at radius 2 is 2.00 bits per heavy atom. The van der Waals surface area contributed by atoms with E-state index >= 15 is 0 Å². The number of anilines is 1. The van der Waals surface area contributed by atoms with Crippen LogP contribution in [0.3, 0.4) is 0 Å². The summed E-state index contributed by atoms with van der Waals surface area (Å²) >= 11 is 9.43. The first-order valence-corrected chi connectivity index (χ1v) is 7.18. The van der Waals surface area contributed by atoms with E-state index in [-0.39, 0.29) is 11.9 Å². The molecule has 0 aromatic heterocycles. The third kappa shape index (κ3) is 3.95. The molecule has 100 valence electrons. The summed E-state index contributed by atoms with van der Waals surface area (Å²) in [5.74, 6) is -0.165. The molecule has 0 saturated heterocycles. The van der Waals surface area contributed by atoms with E-state index in [9.17, 15) is 4.39 Å². The molecular formula is C15H14BrClFN. The molecule has 0 bridgehead atoms. The Hall–Kier alpha value is -1.06. The Balaban J connectivity index is 2.07. The molecule has 0 radical (unpaired) electrons. The van der Waals surface area contributed by atoms with Gasteiger partial charge in [-0.2, -0.15) is 0 Å². The van der Waals surface area contributed by atoms with Gasteiger partial charge in [0.1, 0.15) is 5.82 Å². The second-order valence-electron chi connectivity index (χ2n) is 4.47. The summed E-state index contributed by atoms with van der Waals surface area (Å²) in [6.07, 6.45) is 0.617. The molecule has 0 saturated carbocycles. The lowest BCUT2D eigenvalue weighted by Crippen LogP contribution is -2.19. The van der Waals surface area contributed by atoms with E-state index in [0.717, 1.165) is 10.2 Å². The highest BCUT2D eigenvalue weighted by Crippen LogP contribution is 2.27. The van der Waals surface area contributed by atoms with Crippen molar-refractivity contribution in [3.05, 3.63) is 63.3 Å². The van der Waals surface area contributed by atoms with Crippen molar-refractivity contribution < 1.29 is 4.39 Å².